The molecule has 1 aliphatic rings. The summed E-state index contributed by atoms with van der Waals surface area (Å²) in [5.74, 6) is -0.272. The van der Waals surface area contributed by atoms with E-state index in [1.807, 2.05) is 12.1 Å². The van der Waals surface area contributed by atoms with Gasteiger partial charge >= 0.3 is 0 Å². The van der Waals surface area contributed by atoms with E-state index in [2.05, 4.69) is 5.32 Å². The van der Waals surface area contributed by atoms with Crippen LogP contribution in [-0.2, 0) is 11.3 Å². The third kappa shape index (κ3) is 4.82. The summed E-state index contributed by atoms with van der Waals surface area (Å²) < 4.78 is 5.27. The molecule has 1 aliphatic heterocycles. The number of nitrogens with two attached hydrogens (primary N) is 1. The highest BCUT2D eigenvalue weighted by molar-refractivity contribution is 6.05. The Morgan fingerprint density at radius 2 is 1.73 bits per heavy atom. The molecule has 0 atom stereocenters. The van der Waals surface area contributed by atoms with Crippen LogP contribution in [0.4, 0.5) is 5.69 Å². The Bertz CT molecular complexity index is 759. The fourth-order valence-corrected chi connectivity index (χ4v) is 2.67. The van der Waals surface area contributed by atoms with E-state index >= 15 is 0 Å². The van der Waals surface area contributed by atoms with Gasteiger partial charge in [0.05, 0.1) is 13.2 Å². The second-order valence-corrected chi connectivity index (χ2v) is 5.84. The lowest BCUT2D eigenvalue weighted by Crippen LogP contribution is -2.40. The average molecular weight is 376 g/mol. The highest BCUT2D eigenvalue weighted by atomic mass is 35.5. The Kier molecular flexibility index (Phi) is 7.15. The van der Waals surface area contributed by atoms with Gasteiger partial charge < -0.3 is 20.7 Å². The molecule has 2 amide bonds. The van der Waals surface area contributed by atoms with E-state index in [1.165, 1.54) is 0 Å². The zero-order valence-corrected chi connectivity index (χ0v) is 15.1. The molecule has 26 heavy (non-hydrogen) atoms. The van der Waals surface area contributed by atoms with E-state index in [0.717, 1.165) is 5.56 Å². The van der Waals surface area contributed by atoms with Crippen LogP contribution >= 0.6 is 12.4 Å². The summed E-state index contributed by atoms with van der Waals surface area (Å²) in [5.41, 5.74) is 8.22. The molecule has 6 nitrogen and oxygen atoms in total. The monoisotopic (exact) mass is 375 g/mol. The van der Waals surface area contributed by atoms with Crippen molar-refractivity contribution >= 4 is 29.9 Å². The van der Waals surface area contributed by atoms with Crippen LogP contribution in [0, 0.1) is 0 Å². The van der Waals surface area contributed by atoms with E-state index in [9.17, 15) is 9.59 Å². The van der Waals surface area contributed by atoms with Crippen LogP contribution in [0.25, 0.3) is 0 Å². The highest BCUT2D eigenvalue weighted by Crippen LogP contribution is 2.15. The van der Waals surface area contributed by atoms with Gasteiger partial charge in [-0.25, -0.2) is 0 Å². The first-order valence-electron chi connectivity index (χ1n) is 8.25. The van der Waals surface area contributed by atoms with Gasteiger partial charge in [0, 0.05) is 36.4 Å². The third-order valence-corrected chi connectivity index (χ3v) is 4.12. The minimum absolute atomic E-state index is 0. The van der Waals surface area contributed by atoms with Gasteiger partial charge in [-0.05, 0) is 35.9 Å². The standard InChI is InChI=1S/C19H21N3O3.ClH/c20-13-14-4-6-15(7-5-14)18(23)21-17-3-1-2-16(12-17)19(24)22-8-10-25-11-9-22;/h1-7,12H,8-11,13,20H2,(H,21,23);1H. The number of carbonyl (C=O) groups is 2. The lowest BCUT2D eigenvalue weighted by atomic mass is 10.1. The van der Waals surface area contributed by atoms with Crippen LogP contribution in [0.2, 0.25) is 0 Å². The van der Waals surface area contributed by atoms with E-state index < -0.39 is 0 Å². The second kappa shape index (κ2) is 9.33. The molecule has 3 N–H and O–H groups in total. The van der Waals surface area contributed by atoms with Gasteiger partial charge in [0.25, 0.3) is 11.8 Å². The number of halogens is 1. The Labute approximate surface area is 158 Å². The number of hydrogen-bond acceptors (Lipinski definition) is 4. The van der Waals surface area contributed by atoms with Crippen molar-refractivity contribution in [2.45, 2.75) is 6.54 Å². The number of ether oxygens (including phenoxy) is 1. The number of rotatable bonds is 4. The SMILES string of the molecule is Cl.NCc1ccc(C(=O)Nc2cccc(C(=O)N3CCOCC3)c2)cc1. The van der Waals surface area contributed by atoms with Crippen molar-refractivity contribution in [3.63, 3.8) is 0 Å². The van der Waals surface area contributed by atoms with Gasteiger partial charge in [0.2, 0.25) is 0 Å². The van der Waals surface area contributed by atoms with E-state index in [0.29, 0.717) is 49.7 Å². The van der Waals surface area contributed by atoms with Crippen LogP contribution in [0.1, 0.15) is 26.3 Å². The van der Waals surface area contributed by atoms with Crippen LogP contribution in [-0.4, -0.2) is 43.0 Å². The predicted molar refractivity (Wildman–Crippen MR) is 103 cm³/mol. The first kappa shape index (κ1) is 19.9. The van der Waals surface area contributed by atoms with Gasteiger partial charge in [-0.3, -0.25) is 9.59 Å². The Balaban J connectivity index is 0.00000243. The van der Waals surface area contributed by atoms with Crippen molar-refractivity contribution in [3.05, 3.63) is 65.2 Å². The molecule has 3 rings (SSSR count). The number of benzene rings is 2. The number of amides is 2. The van der Waals surface area contributed by atoms with Gasteiger partial charge in [-0.2, -0.15) is 0 Å². The Morgan fingerprint density at radius 1 is 1.04 bits per heavy atom. The maximum Gasteiger partial charge on any atom is 0.255 e. The molecule has 2 aromatic carbocycles. The fraction of sp³-hybridized carbons (Fsp3) is 0.263. The topological polar surface area (TPSA) is 84.7 Å². The van der Waals surface area contributed by atoms with Crippen LogP contribution in [0.15, 0.2) is 48.5 Å². The number of nitrogens with zero attached hydrogens (tertiary/aromatic N) is 1. The Morgan fingerprint density at radius 3 is 2.38 bits per heavy atom. The summed E-state index contributed by atoms with van der Waals surface area (Å²) in [6, 6.07) is 14.1. The van der Waals surface area contributed by atoms with Gasteiger partial charge in [-0.1, -0.05) is 18.2 Å². The zero-order chi connectivity index (χ0) is 17.6. The summed E-state index contributed by atoms with van der Waals surface area (Å²) in [5, 5.41) is 2.83. The van der Waals surface area contributed by atoms with Crippen molar-refractivity contribution in [3.8, 4) is 0 Å². The van der Waals surface area contributed by atoms with E-state index in [1.54, 1.807) is 41.3 Å². The molecule has 0 unspecified atom stereocenters. The molecular weight excluding hydrogens is 354 g/mol. The summed E-state index contributed by atoms with van der Waals surface area (Å²) >= 11 is 0. The first-order valence-corrected chi connectivity index (χ1v) is 8.25. The molecule has 0 spiro atoms. The quantitative estimate of drug-likeness (QED) is 0.858. The molecule has 138 valence electrons. The molecule has 0 aromatic heterocycles. The van der Waals surface area contributed by atoms with Crippen LogP contribution < -0.4 is 11.1 Å². The number of morpholine rings is 1. The minimum atomic E-state index is -0.223. The summed E-state index contributed by atoms with van der Waals surface area (Å²) in [7, 11) is 0. The molecular formula is C19H22ClN3O3. The molecule has 0 aliphatic carbocycles. The van der Waals surface area contributed by atoms with Crippen LogP contribution in [0.3, 0.4) is 0 Å². The van der Waals surface area contributed by atoms with Crippen molar-refractivity contribution in [1.29, 1.82) is 0 Å². The second-order valence-electron chi connectivity index (χ2n) is 5.84. The van der Waals surface area contributed by atoms with Crippen molar-refractivity contribution in [1.82, 2.24) is 4.90 Å². The number of carbonyl (C=O) groups excluding carboxylic acids is 2. The third-order valence-electron chi connectivity index (χ3n) is 4.12. The molecule has 1 saturated heterocycles. The van der Waals surface area contributed by atoms with E-state index in [4.69, 9.17) is 10.5 Å². The minimum Gasteiger partial charge on any atom is -0.378 e. The van der Waals surface area contributed by atoms with E-state index in [-0.39, 0.29) is 24.2 Å². The number of nitrogens with one attached hydrogen (secondary N) is 1. The lowest BCUT2D eigenvalue weighted by Gasteiger charge is -2.27. The van der Waals surface area contributed by atoms with Crippen molar-refractivity contribution in [2.75, 3.05) is 31.6 Å². The molecule has 1 heterocycles. The number of hydrogen-bond donors (Lipinski definition) is 2. The molecule has 0 saturated carbocycles. The average Bonchev–Trinajstić information content (AvgIpc) is 2.68. The van der Waals surface area contributed by atoms with Crippen molar-refractivity contribution in [2.24, 2.45) is 5.73 Å². The maximum atomic E-state index is 12.5. The summed E-state index contributed by atoms with van der Waals surface area (Å²) in [6.07, 6.45) is 0. The van der Waals surface area contributed by atoms with Crippen LogP contribution in [0.5, 0.6) is 0 Å². The first-order chi connectivity index (χ1) is 12.2. The lowest BCUT2D eigenvalue weighted by molar-refractivity contribution is 0.0303. The predicted octanol–water partition coefficient (Wildman–Crippen LogP) is 2.29. The van der Waals surface area contributed by atoms with Gasteiger partial charge in [-0.15, -0.1) is 12.4 Å². The normalized spacial score (nSPS) is 13.7. The number of anilines is 1. The molecule has 2 aromatic rings. The fourth-order valence-electron chi connectivity index (χ4n) is 2.67. The molecule has 0 bridgehead atoms. The molecule has 0 radical (unpaired) electrons. The van der Waals surface area contributed by atoms with Crippen molar-refractivity contribution < 1.29 is 14.3 Å². The summed E-state index contributed by atoms with van der Waals surface area (Å²) in [4.78, 5) is 26.6. The maximum absolute atomic E-state index is 12.5. The molecule has 1 fully saturated rings. The zero-order valence-electron chi connectivity index (χ0n) is 14.3. The largest absolute Gasteiger partial charge is 0.378 e. The molecule has 7 heteroatoms. The highest BCUT2D eigenvalue weighted by Gasteiger charge is 2.18. The van der Waals surface area contributed by atoms with Gasteiger partial charge in [0.15, 0.2) is 0 Å². The Hall–Kier alpha value is -2.41. The summed E-state index contributed by atoms with van der Waals surface area (Å²) in [6.45, 7) is 2.72. The van der Waals surface area contributed by atoms with Gasteiger partial charge in [0.1, 0.15) is 0 Å². The smallest absolute Gasteiger partial charge is 0.255 e.